The summed E-state index contributed by atoms with van der Waals surface area (Å²) >= 11 is 1.75. The van der Waals surface area contributed by atoms with Gasteiger partial charge in [-0.2, -0.15) is 0 Å². The van der Waals surface area contributed by atoms with Gasteiger partial charge in [0.25, 0.3) is 0 Å². The summed E-state index contributed by atoms with van der Waals surface area (Å²) in [6.07, 6.45) is 2.06. The predicted octanol–water partition coefficient (Wildman–Crippen LogP) is 2.44. The molecule has 3 rings (SSSR count). The average Bonchev–Trinajstić information content (AvgIpc) is 2.85. The summed E-state index contributed by atoms with van der Waals surface area (Å²) in [5.74, 6) is -0.472. The summed E-state index contributed by atoms with van der Waals surface area (Å²) in [5, 5.41) is 10.0. The van der Waals surface area contributed by atoms with E-state index in [1.54, 1.807) is 11.8 Å². The Kier molecular flexibility index (Phi) is 3.61. The zero-order valence-corrected chi connectivity index (χ0v) is 11.1. The molecule has 1 aromatic rings. The molecule has 0 unspecified atom stereocenters. The van der Waals surface area contributed by atoms with E-state index >= 15 is 0 Å². The highest BCUT2D eigenvalue weighted by Crippen LogP contribution is 2.44. The van der Waals surface area contributed by atoms with Crippen molar-refractivity contribution >= 4 is 11.8 Å². The van der Waals surface area contributed by atoms with Crippen molar-refractivity contribution in [2.24, 2.45) is 0 Å². The number of aliphatic hydroxyl groups is 1. The standard InChI is InChI=1S/C14H18O3S/c15-11-6-7-14(16-8-9-17-14)13(10-11)18-12-4-2-1-3-5-12/h1-5,11,13,15H,6-10H2/t11-,13-/m0/s1. The lowest BCUT2D eigenvalue weighted by Crippen LogP contribution is -2.47. The van der Waals surface area contributed by atoms with Crippen LogP contribution < -0.4 is 0 Å². The molecule has 98 valence electrons. The van der Waals surface area contributed by atoms with Gasteiger partial charge in [-0.3, -0.25) is 0 Å². The highest BCUT2D eigenvalue weighted by atomic mass is 32.2. The van der Waals surface area contributed by atoms with Crippen LogP contribution in [0.25, 0.3) is 0 Å². The molecule has 1 N–H and O–H groups in total. The molecule has 0 amide bonds. The van der Waals surface area contributed by atoms with Gasteiger partial charge in [-0.15, -0.1) is 11.8 Å². The molecule has 1 aliphatic carbocycles. The predicted molar refractivity (Wildman–Crippen MR) is 70.6 cm³/mol. The lowest BCUT2D eigenvalue weighted by Gasteiger charge is -2.40. The van der Waals surface area contributed by atoms with Gasteiger partial charge in [0.05, 0.1) is 24.6 Å². The van der Waals surface area contributed by atoms with E-state index in [4.69, 9.17) is 9.47 Å². The largest absolute Gasteiger partial charge is 0.393 e. The molecule has 1 aromatic carbocycles. The molecular formula is C14H18O3S. The van der Waals surface area contributed by atoms with Gasteiger partial charge in [-0.1, -0.05) is 18.2 Å². The lowest BCUT2D eigenvalue weighted by molar-refractivity contribution is -0.182. The number of aliphatic hydroxyl groups excluding tert-OH is 1. The van der Waals surface area contributed by atoms with Crippen molar-refractivity contribution in [3.8, 4) is 0 Å². The Hall–Kier alpha value is -0.550. The lowest BCUT2D eigenvalue weighted by atomic mass is 9.91. The number of hydrogen-bond donors (Lipinski definition) is 1. The van der Waals surface area contributed by atoms with Crippen molar-refractivity contribution in [3.63, 3.8) is 0 Å². The van der Waals surface area contributed by atoms with Gasteiger partial charge in [-0.05, 0) is 25.0 Å². The Bertz CT molecular complexity index is 389. The molecule has 4 heteroatoms. The van der Waals surface area contributed by atoms with Crippen LogP contribution in [0.1, 0.15) is 19.3 Å². The molecule has 2 atom stereocenters. The maximum atomic E-state index is 9.88. The Labute approximate surface area is 111 Å². The molecule has 1 spiro atoms. The van der Waals surface area contributed by atoms with Crippen molar-refractivity contribution in [2.75, 3.05) is 13.2 Å². The third kappa shape index (κ3) is 2.43. The molecule has 1 saturated carbocycles. The van der Waals surface area contributed by atoms with Crippen molar-refractivity contribution in [2.45, 2.75) is 41.3 Å². The van der Waals surface area contributed by atoms with E-state index in [0.29, 0.717) is 13.2 Å². The molecular weight excluding hydrogens is 248 g/mol. The van der Waals surface area contributed by atoms with Crippen LogP contribution in [-0.4, -0.2) is 35.5 Å². The molecule has 2 aliphatic rings. The van der Waals surface area contributed by atoms with Gasteiger partial charge in [0, 0.05) is 11.3 Å². The van der Waals surface area contributed by atoms with Gasteiger partial charge < -0.3 is 14.6 Å². The minimum Gasteiger partial charge on any atom is -0.393 e. The van der Waals surface area contributed by atoms with E-state index in [1.807, 2.05) is 18.2 Å². The van der Waals surface area contributed by atoms with Gasteiger partial charge in [0.15, 0.2) is 5.79 Å². The average molecular weight is 266 g/mol. The first-order chi connectivity index (χ1) is 8.78. The SMILES string of the molecule is O[C@H]1CCC2(OCCO2)[C@@H](Sc2ccccc2)C1. The minimum absolute atomic E-state index is 0.172. The summed E-state index contributed by atoms with van der Waals surface area (Å²) in [7, 11) is 0. The molecule has 1 aliphatic heterocycles. The van der Waals surface area contributed by atoms with Crippen LogP contribution in [0.4, 0.5) is 0 Å². The maximum absolute atomic E-state index is 9.88. The van der Waals surface area contributed by atoms with Crippen LogP contribution in [0.15, 0.2) is 35.2 Å². The molecule has 0 aromatic heterocycles. The first-order valence-corrected chi connectivity index (χ1v) is 7.34. The van der Waals surface area contributed by atoms with Crippen LogP contribution >= 0.6 is 11.8 Å². The third-order valence-corrected chi connectivity index (χ3v) is 4.98. The molecule has 18 heavy (non-hydrogen) atoms. The van der Waals surface area contributed by atoms with Crippen molar-refractivity contribution in [1.29, 1.82) is 0 Å². The fourth-order valence-corrected chi connectivity index (χ4v) is 4.07. The van der Waals surface area contributed by atoms with E-state index in [-0.39, 0.29) is 11.4 Å². The number of hydrogen-bond acceptors (Lipinski definition) is 4. The number of ether oxygens (including phenoxy) is 2. The second-order valence-corrected chi connectivity index (χ2v) is 6.13. The van der Waals surface area contributed by atoms with Gasteiger partial charge in [-0.25, -0.2) is 0 Å². The molecule has 2 fully saturated rings. The highest BCUT2D eigenvalue weighted by molar-refractivity contribution is 8.00. The van der Waals surface area contributed by atoms with E-state index < -0.39 is 5.79 Å². The molecule has 3 nitrogen and oxygen atoms in total. The zero-order valence-electron chi connectivity index (χ0n) is 10.2. The van der Waals surface area contributed by atoms with Gasteiger partial charge in [0.2, 0.25) is 0 Å². The normalized spacial score (nSPS) is 30.7. The van der Waals surface area contributed by atoms with Gasteiger partial charge >= 0.3 is 0 Å². The van der Waals surface area contributed by atoms with Crippen LogP contribution in [0.3, 0.4) is 0 Å². The quantitative estimate of drug-likeness (QED) is 0.892. The fraction of sp³-hybridized carbons (Fsp3) is 0.571. The first-order valence-electron chi connectivity index (χ1n) is 6.46. The minimum atomic E-state index is -0.472. The van der Waals surface area contributed by atoms with E-state index in [1.165, 1.54) is 4.90 Å². The van der Waals surface area contributed by atoms with E-state index in [0.717, 1.165) is 19.3 Å². The summed E-state index contributed by atoms with van der Waals surface area (Å²) in [5.41, 5.74) is 0. The second kappa shape index (κ2) is 5.21. The first kappa shape index (κ1) is 12.5. The summed E-state index contributed by atoms with van der Waals surface area (Å²) in [4.78, 5) is 1.20. The second-order valence-electron chi connectivity index (χ2n) is 4.86. The number of benzene rings is 1. The molecule has 0 radical (unpaired) electrons. The summed E-state index contributed by atoms with van der Waals surface area (Å²) < 4.78 is 11.7. The highest BCUT2D eigenvalue weighted by Gasteiger charge is 2.48. The van der Waals surface area contributed by atoms with Crippen molar-refractivity contribution in [3.05, 3.63) is 30.3 Å². The smallest absolute Gasteiger partial charge is 0.180 e. The molecule has 1 heterocycles. The topological polar surface area (TPSA) is 38.7 Å². The van der Waals surface area contributed by atoms with Gasteiger partial charge in [0.1, 0.15) is 0 Å². The van der Waals surface area contributed by atoms with Crippen LogP contribution in [-0.2, 0) is 9.47 Å². The fourth-order valence-electron chi connectivity index (χ4n) is 2.68. The van der Waals surface area contributed by atoms with Crippen LogP contribution in [0, 0.1) is 0 Å². The van der Waals surface area contributed by atoms with E-state index in [2.05, 4.69) is 12.1 Å². The summed E-state index contributed by atoms with van der Waals surface area (Å²) in [6.45, 7) is 1.34. The zero-order chi connectivity index (χ0) is 12.4. The molecule has 1 saturated heterocycles. The Morgan fingerprint density at radius 2 is 1.89 bits per heavy atom. The number of thioether (sulfide) groups is 1. The monoisotopic (exact) mass is 266 g/mol. The Morgan fingerprint density at radius 3 is 2.61 bits per heavy atom. The van der Waals surface area contributed by atoms with E-state index in [9.17, 15) is 5.11 Å². The summed E-state index contributed by atoms with van der Waals surface area (Å²) in [6, 6.07) is 10.3. The van der Waals surface area contributed by atoms with Crippen LogP contribution in [0.5, 0.6) is 0 Å². The van der Waals surface area contributed by atoms with Crippen molar-refractivity contribution < 1.29 is 14.6 Å². The maximum Gasteiger partial charge on any atom is 0.180 e. The van der Waals surface area contributed by atoms with Crippen molar-refractivity contribution in [1.82, 2.24) is 0 Å². The number of rotatable bonds is 2. The van der Waals surface area contributed by atoms with Crippen LogP contribution in [0.2, 0.25) is 0 Å². The Balaban J connectivity index is 1.78. The Morgan fingerprint density at radius 1 is 1.17 bits per heavy atom. The third-order valence-electron chi connectivity index (χ3n) is 3.60. The molecule has 0 bridgehead atoms.